The number of hydrogen-bond donors (Lipinski definition) is 1. The van der Waals surface area contributed by atoms with Gasteiger partial charge in [0.25, 0.3) is 5.91 Å². The molecule has 2 aliphatic rings. The summed E-state index contributed by atoms with van der Waals surface area (Å²) in [6.07, 6.45) is 4.30. The molecule has 0 radical (unpaired) electrons. The van der Waals surface area contributed by atoms with Gasteiger partial charge in [-0.1, -0.05) is 12.8 Å². The lowest BCUT2D eigenvalue weighted by atomic mass is 9.76. The summed E-state index contributed by atoms with van der Waals surface area (Å²) in [6.45, 7) is 6.00. The molecule has 1 aliphatic heterocycles. The fourth-order valence-corrected chi connectivity index (χ4v) is 4.61. The number of rotatable bonds is 6. The Morgan fingerprint density at radius 1 is 1.15 bits per heavy atom. The van der Waals surface area contributed by atoms with E-state index in [2.05, 4.69) is 5.32 Å². The molecule has 1 aromatic rings. The molecule has 1 saturated carbocycles. The molecule has 1 spiro atoms. The number of nitrogens with one attached hydrogen (secondary N) is 1. The molecule has 1 aliphatic carbocycles. The number of nitrogens with zero attached hydrogens (tertiary/aromatic N) is 1. The van der Waals surface area contributed by atoms with Crippen molar-refractivity contribution in [3.8, 4) is 11.5 Å². The van der Waals surface area contributed by atoms with E-state index in [9.17, 15) is 9.59 Å². The zero-order valence-corrected chi connectivity index (χ0v) is 16.5. The number of amides is 2. The lowest BCUT2D eigenvalue weighted by Gasteiger charge is -2.28. The van der Waals surface area contributed by atoms with E-state index < -0.39 is 0 Å². The third kappa shape index (κ3) is 3.75. The lowest BCUT2D eigenvalue weighted by Crippen LogP contribution is -2.38. The van der Waals surface area contributed by atoms with Crippen LogP contribution >= 0.6 is 0 Å². The Hall–Kier alpha value is -2.24. The van der Waals surface area contributed by atoms with E-state index in [0.29, 0.717) is 43.4 Å². The summed E-state index contributed by atoms with van der Waals surface area (Å²) in [5, 5.41) is 2.79. The van der Waals surface area contributed by atoms with Crippen molar-refractivity contribution >= 4 is 11.8 Å². The van der Waals surface area contributed by atoms with Crippen LogP contribution in [-0.2, 0) is 4.79 Å². The summed E-state index contributed by atoms with van der Waals surface area (Å²) in [5.74, 6) is 1.12. The number of likely N-dealkylation sites (tertiary alicyclic amines) is 1. The van der Waals surface area contributed by atoms with Gasteiger partial charge in [0.15, 0.2) is 11.5 Å². The minimum absolute atomic E-state index is 0.0447. The van der Waals surface area contributed by atoms with E-state index in [-0.39, 0.29) is 23.1 Å². The molecule has 1 aromatic carbocycles. The first-order valence-corrected chi connectivity index (χ1v) is 9.95. The minimum atomic E-state index is -0.122. The maximum absolute atomic E-state index is 13.2. The molecule has 1 saturated heterocycles. The molecular weight excluding hydrogens is 344 g/mol. The van der Waals surface area contributed by atoms with Gasteiger partial charge in [-0.05, 0) is 44.9 Å². The SMILES string of the molecule is CCOc1ccc(C(=O)N2C[C@H](C(=O)NC)C3(CCCC3)C2)cc1OCC. The molecular formula is C21H30N2O4. The highest BCUT2D eigenvalue weighted by molar-refractivity contribution is 5.96. The van der Waals surface area contributed by atoms with Gasteiger partial charge in [-0.3, -0.25) is 9.59 Å². The Bertz CT molecular complexity index is 697. The molecule has 148 valence electrons. The van der Waals surface area contributed by atoms with Crippen LogP contribution in [0.5, 0.6) is 11.5 Å². The van der Waals surface area contributed by atoms with Crippen LogP contribution < -0.4 is 14.8 Å². The van der Waals surface area contributed by atoms with Gasteiger partial charge in [0.05, 0.1) is 19.1 Å². The molecule has 0 bridgehead atoms. The van der Waals surface area contributed by atoms with Crippen LogP contribution in [0.2, 0.25) is 0 Å². The highest BCUT2D eigenvalue weighted by Crippen LogP contribution is 2.49. The van der Waals surface area contributed by atoms with Crippen LogP contribution in [0.3, 0.4) is 0 Å². The van der Waals surface area contributed by atoms with Crippen molar-refractivity contribution in [2.45, 2.75) is 39.5 Å². The van der Waals surface area contributed by atoms with Crippen LogP contribution in [0, 0.1) is 11.3 Å². The van der Waals surface area contributed by atoms with Crippen molar-refractivity contribution < 1.29 is 19.1 Å². The quantitative estimate of drug-likeness (QED) is 0.831. The third-order valence-corrected chi connectivity index (χ3v) is 5.89. The molecule has 1 atom stereocenters. The smallest absolute Gasteiger partial charge is 0.254 e. The van der Waals surface area contributed by atoms with Crippen molar-refractivity contribution in [1.29, 1.82) is 0 Å². The Balaban J connectivity index is 1.83. The topological polar surface area (TPSA) is 67.9 Å². The van der Waals surface area contributed by atoms with Crippen molar-refractivity contribution in [3.05, 3.63) is 23.8 Å². The zero-order chi connectivity index (χ0) is 19.4. The maximum Gasteiger partial charge on any atom is 0.254 e. The van der Waals surface area contributed by atoms with E-state index in [1.54, 1.807) is 25.2 Å². The first kappa shape index (κ1) is 19.5. The Labute approximate surface area is 161 Å². The molecule has 1 heterocycles. The predicted molar refractivity (Wildman–Crippen MR) is 103 cm³/mol. The van der Waals surface area contributed by atoms with Crippen LogP contribution in [0.4, 0.5) is 0 Å². The van der Waals surface area contributed by atoms with Crippen molar-refractivity contribution in [2.75, 3.05) is 33.4 Å². The van der Waals surface area contributed by atoms with Crippen LogP contribution in [0.15, 0.2) is 18.2 Å². The molecule has 6 nitrogen and oxygen atoms in total. The van der Waals surface area contributed by atoms with Crippen molar-refractivity contribution in [2.24, 2.45) is 11.3 Å². The van der Waals surface area contributed by atoms with Gasteiger partial charge in [-0.15, -0.1) is 0 Å². The molecule has 0 aromatic heterocycles. The molecule has 2 amide bonds. The summed E-state index contributed by atoms with van der Waals surface area (Å²) < 4.78 is 11.2. The van der Waals surface area contributed by atoms with Crippen LogP contribution in [0.25, 0.3) is 0 Å². The van der Waals surface area contributed by atoms with Crippen molar-refractivity contribution in [3.63, 3.8) is 0 Å². The highest BCUT2D eigenvalue weighted by Gasteiger charge is 2.52. The second-order valence-corrected chi connectivity index (χ2v) is 7.45. The summed E-state index contributed by atoms with van der Waals surface area (Å²) in [7, 11) is 1.68. The largest absolute Gasteiger partial charge is 0.490 e. The lowest BCUT2D eigenvalue weighted by molar-refractivity contribution is -0.127. The second kappa shape index (κ2) is 8.19. The molecule has 6 heteroatoms. The molecule has 2 fully saturated rings. The summed E-state index contributed by atoms with van der Waals surface area (Å²) >= 11 is 0. The Morgan fingerprint density at radius 2 is 1.81 bits per heavy atom. The fourth-order valence-electron chi connectivity index (χ4n) is 4.61. The summed E-state index contributed by atoms with van der Waals surface area (Å²) in [6, 6.07) is 5.33. The number of benzene rings is 1. The van der Waals surface area contributed by atoms with E-state index >= 15 is 0 Å². The average molecular weight is 374 g/mol. The van der Waals surface area contributed by atoms with Crippen molar-refractivity contribution in [1.82, 2.24) is 10.2 Å². The Kier molecular flexibility index (Phi) is 5.92. The van der Waals surface area contributed by atoms with E-state index in [4.69, 9.17) is 9.47 Å². The first-order valence-electron chi connectivity index (χ1n) is 9.95. The number of hydrogen-bond acceptors (Lipinski definition) is 4. The maximum atomic E-state index is 13.2. The molecule has 27 heavy (non-hydrogen) atoms. The molecule has 3 rings (SSSR count). The third-order valence-electron chi connectivity index (χ3n) is 5.89. The predicted octanol–water partition coefficient (Wildman–Crippen LogP) is 2.86. The number of ether oxygens (including phenoxy) is 2. The second-order valence-electron chi connectivity index (χ2n) is 7.45. The standard InChI is InChI=1S/C21H30N2O4/c1-4-26-17-9-8-15(12-18(17)27-5-2)20(25)23-13-16(19(24)22-3)21(14-23)10-6-7-11-21/h8-9,12,16H,4-7,10-11,13-14H2,1-3H3,(H,22,24)/t16-/m1/s1. The summed E-state index contributed by atoms with van der Waals surface area (Å²) in [4.78, 5) is 27.5. The van der Waals surface area contributed by atoms with Gasteiger partial charge >= 0.3 is 0 Å². The minimum Gasteiger partial charge on any atom is -0.490 e. The first-order chi connectivity index (χ1) is 13.0. The number of carbonyl (C=O) groups excluding carboxylic acids is 2. The average Bonchev–Trinajstić information content (AvgIpc) is 3.30. The van der Waals surface area contributed by atoms with E-state index in [1.807, 2.05) is 18.7 Å². The molecule has 0 unspecified atom stereocenters. The van der Waals surface area contributed by atoms with Crippen LogP contribution in [-0.4, -0.2) is 50.1 Å². The van der Waals surface area contributed by atoms with Gasteiger partial charge in [0.2, 0.25) is 5.91 Å². The van der Waals surface area contributed by atoms with E-state index in [1.165, 1.54) is 0 Å². The molecule has 1 N–H and O–H groups in total. The highest BCUT2D eigenvalue weighted by atomic mass is 16.5. The normalized spacial score (nSPS) is 20.7. The Morgan fingerprint density at radius 3 is 2.44 bits per heavy atom. The monoisotopic (exact) mass is 374 g/mol. The van der Waals surface area contributed by atoms with Gasteiger partial charge in [-0.25, -0.2) is 0 Å². The zero-order valence-electron chi connectivity index (χ0n) is 16.5. The van der Waals surface area contributed by atoms with Gasteiger partial charge in [-0.2, -0.15) is 0 Å². The number of carbonyl (C=O) groups is 2. The fraction of sp³-hybridized carbons (Fsp3) is 0.619. The van der Waals surface area contributed by atoms with Gasteiger partial charge in [0, 0.05) is 31.1 Å². The van der Waals surface area contributed by atoms with Gasteiger partial charge < -0.3 is 19.7 Å². The van der Waals surface area contributed by atoms with Crippen LogP contribution in [0.1, 0.15) is 49.9 Å². The summed E-state index contributed by atoms with van der Waals surface area (Å²) in [5.41, 5.74) is 0.511. The van der Waals surface area contributed by atoms with Gasteiger partial charge in [0.1, 0.15) is 0 Å². The van der Waals surface area contributed by atoms with E-state index in [0.717, 1.165) is 25.7 Å².